The molecule has 0 aliphatic carbocycles. The van der Waals surface area contributed by atoms with Crippen LogP contribution in [0.4, 0.5) is 8.78 Å². The Labute approximate surface area is 107 Å². The molecule has 1 aromatic rings. The minimum Gasteiger partial charge on any atom is -0.497 e. The van der Waals surface area contributed by atoms with Crippen LogP contribution in [0.3, 0.4) is 0 Å². The zero-order valence-corrected chi connectivity index (χ0v) is 10.9. The molecule has 1 unspecified atom stereocenters. The van der Waals surface area contributed by atoms with E-state index in [1.807, 2.05) is 6.07 Å². The molecule has 0 fully saturated rings. The summed E-state index contributed by atoms with van der Waals surface area (Å²) in [4.78, 5) is 0. The monoisotopic (exact) mass is 309 g/mol. The van der Waals surface area contributed by atoms with Crippen LogP contribution < -0.4 is 10.1 Å². The predicted octanol–water partition coefficient (Wildman–Crippen LogP) is 2.17. The summed E-state index contributed by atoms with van der Waals surface area (Å²) < 4.78 is 30.0. The van der Waals surface area contributed by atoms with Gasteiger partial charge >= 0.3 is 0 Å². The van der Waals surface area contributed by atoms with Gasteiger partial charge in [0, 0.05) is 17.6 Å². The third kappa shape index (κ3) is 4.57. The van der Waals surface area contributed by atoms with Gasteiger partial charge in [0.15, 0.2) is 0 Å². The molecule has 0 heterocycles. The van der Waals surface area contributed by atoms with Crippen LogP contribution in [0.1, 0.15) is 5.56 Å². The topological polar surface area (TPSA) is 41.5 Å². The second-order valence-corrected chi connectivity index (χ2v) is 4.34. The molecule has 96 valence electrons. The number of benzene rings is 1. The van der Waals surface area contributed by atoms with Crippen molar-refractivity contribution in [2.75, 3.05) is 13.7 Å². The normalized spacial score (nSPS) is 12.8. The van der Waals surface area contributed by atoms with Crippen LogP contribution in [-0.4, -0.2) is 31.3 Å². The summed E-state index contributed by atoms with van der Waals surface area (Å²) in [5.41, 5.74) is 0.880. The van der Waals surface area contributed by atoms with Crippen molar-refractivity contribution in [3.63, 3.8) is 0 Å². The van der Waals surface area contributed by atoms with Crippen LogP contribution in [0.15, 0.2) is 22.7 Å². The summed E-state index contributed by atoms with van der Waals surface area (Å²) in [6.07, 6.45) is -4.37. The number of methoxy groups -OCH3 is 1. The first-order chi connectivity index (χ1) is 8.04. The van der Waals surface area contributed by atoms with E-state index in [-0.39, 0.29) is 6.54 Å². The molecular formula is C11H14BrF2NO2. The van der Waals surface area contributed by atoms with E-state index in [4.69, 9.17) is 9.84 Å². The summed E-state index contributed by atoms with van der Waals surface area (Å²) in [7, 11) is 1.56. The van der Waals surface area contributed by atoms with E-state index in [0.717, 1.165) is 10.0 Å². The fourth-order valence-corrected chi connectivity index (χ4v) is 1.64. The smallest absolute Gasteiger partial charge is 0.265 e. The highest BCUT2D eigenvalue weighted by Crippen LogP contribution is 2.22. The average Bonchev–Trinajstić information content (AvgIpc) is 2.31. The molecule has 0 amide bonds. The van der Waals surface area contributed by atoms with Crippen molar-refractivity contribution in [2.24, 2.45) is 0 Å². The maximum absolute atomic E-state index is 12.0. The molecule has 0 aliphatic heterocycles. The Morgan fingerprint density at radius 1 is 1.47 bits per heavy atom. The quantitative estimate of drug-likeness (QED) is 0.846. The number of hydrogen-bond donors (Lipinski definition) is 2. The van der Waals surface area contributed by atoms with E-state index in [1.54, 1.807) is 19.2 Å². The van der Waals surface area contributed by atoms with Gasteiger partial charge in [0.2, 0.25) is 0 Å². The molecule has 1 rings (SSSR count). The summed E-state index contributed by atoms with van der Waals surface area (Å²) >= 11 is 3.35. The minimum atomic E-state index is -2.73. The highest BCUT2D eigenvalue weighted by molar-refractivity contribution is 9.10. The van der Waals surface area contributed by atoms with Crippen molar-refractivity contribution in [2.45, 2.75) is 19.1 Å². The lowest BCUT2D eigenvalue weighted by Crippen LogP contribution is -2.31. The van der Waals surface area contributed by atoms with E-state index >= 15 is 0 Å². The Hall–Kier alpha value is -0.720. The summed E-state index contributed by atoms with van der Waals surface area (Å²) in [5, 5.41) is 11.7. The van der Waals surface area contributed by atoms with Gasteiger partial charge in [-0.25, -0.2) is 8.78 Å². The van der Waals surface area contributed by atoms with Crippen molar-refractivity contribution in [1.82, 2.24) is 5.32 Å². The number of aliphatic hydroxyl groups is 1. The van der Waals surface area contributed by atoms with Crippen molar-refractivity contribution < 1.29 is 18.6 Å². The van der Waals surface area contributed by atoms with E-state index in [1.165, 1.54) is 0 Å². The number of nitrogens with one attached hydrogen (secondary N) is 1. The molecule has 2 N–H and O–H groups in total. The largest absolute Gasteiger partial charge is 0.497 e. The minimum absolute atomic E-state index is 0.151. The van der Waals surface area contributed by atoms with E-state index in [2.05, 4.69) is 21.2 Å². The number of ether oxygens (including phenoxy) is 1. The SMILES string of the molecule is COc1ccc(Br)c(CNCC(O)C(F)F)c1. The maximum Gasteiger partial charge on any atom is 0.265 e. The zero-order chi connectivity index (χ0) is 12.8. The lowest BCUT2D eigenvalue weighted by Gasteiger charge is -2.12. The molecule has 6 heteroatoms. The van der Waals surface area contributed by atoms with E-state index < -0.39 is 12.5 Å². The Bertz CT molecular complexity index is 363. The van der Waals surface area contributed by atoms with Gasteiger partial charge in [-0.3, -0.25) is 0 Å². The molecule has 17 heavy (non-hydrogen) atoms. The summed E-state index contributed by atoms with van der Waals surface area (Å²) in [6, 6.07) is 5.41. The summed E-state index contributed by atoms with van der Waals surface area (Å²) in [6.45, 7) is 0.225. The first-order valence-corrected chi connectivity index (χ1v) is 5.83. The van der Waals surface area contributed by atoms with Gasteiger partial charge in [-0.15, -0.1) is 0 Å². The second kappa shape index (κ2) is 6.88. The molecule has 0 aliphatic rings. The van der Waals surface area contributed by atoms with Crippen LogP contribution in [0.25, 0.3) is 0 Å². The van der Waals surface area contributed by atoms with Gasteiger partial charge in [-0.1, -0.05) is 15.9 Å². The molecule has 1 atom stereocenters. The number of rotatable bonds is 6. The van der Waals surface area contributed by atoms with Crippen molar-refractivity contribution >= 4 is 15.9 Å². The van der Waals surface area contributed by atoms with Crippen LogP contribution in [0.2, 0.25) is 0 Å². The van der Waals surface area contributed by atoms with Crippen molar-refractivity contribution in [3.8, 4) is 5.75 Å². The Morgan fingerprint density at radius 2 is 2.18 bits per heavy atom. The standard InChI is InChI=1S/C11H14BrF2NO2/c1-17-8-2-3-9(12)7(4-8)5-15-6-10(16)11(13)14/h2-4,10-11,15-16H,5-6H2,1H3. The number of hydrogen-bond acceptors (Lipinski definition) is 3. The van der Waals surface area contributed by atoms with Crippen molar-refractivity contribution in [3.05, 3.63) is 28.2 Å². The molecule has 0 radical (unpaired) electrons. The fraction of sp³-hybridized carbons (Fsp3) is 0.455. The number of alkyl halides is 2. The number of halogens is 3. The van der Waals surface area contributed by atoms with Crippen LogP contribution in [0, 0.1) is 0 Å². The second-order valence-electron chi connectivity index (χ2n) is 3.49. The van der Waals surface area contributed by atoms with E-state index in [9.17, 15) is 8.78 Å². The molecule has 0 bridgehead atoms. The molecular weight excluding hydrogens is 296 g/mol. The van der Waals surface area contributed by atoms with Gasteiger partial charge in [-0.05, 0) is 23.8 Å². The Morgan fingerprint density at radius 3 is 2.76 bits per heavy atom. The van der Waals surface area contributed by atoms with Crippen LogP contribution in [0.5, 0.6) is 5.75 Å². The van der Waals surface area contributed by atoms with Gasteiger partial charge in [-0.2, -0.15) is 0 Å². The number of aliphatic hydroxyl groups excluding tert-OH is 1. The van der Waals surface area contributed by atoms with Gasteiger partial charge < -0.3 is 15.2 Å². The van der Waals surface area contributed by atoms with Crippen LogP contribution >= 0.6 is 15.9 Å². The lowest BCUT2D eigenvalue weighted by atomic mass is 10.2. The molecule has 0 saturated carbocycles. The van der Waals surface area contributed by atoms with Gasteiger partial charge in [0.1, 0.15) is 11.9 Å². The Kier molecular flexibility index (Phi) is 5.80. The zero-order valence-electron chi connectivity index (χ0n) is 9.29. The Balaban J connectivity index is 2.51. The fourth-order valence-electron chi connectivity index (χ4n) is 1.26. The highest BCUT2D eigenvalue weighted by Gasteiger charge is 2.15. The lowest BCUT2D eigenvalue weighted by molar-refractivity contribution is -0.00341. The third-order valence-electron chi connectivity index (χ3n) is 2.21. The molecule has 0 spiro atoms. The third-order valence-corrected chi connectivity index (χ3v) is 2.99. The molecule has 0 aromatic heterocycles. The first kappa shape index (κ1) is 14.3. The van der Waals surface area contributed by atoms with Gasteiger partial charge in [0.25, 0.3) is 6.43 Å². The van der Waals surface area contributed by atoms with E-state index in [0.29, 0.717) is 12.3 Å². The van der Waals surface area contributed by atoms with Crippen LogP contribution in [-0.2, 0) is 6.54 Å². The average molecular weight is 310 g/mol. The van der Waals surface area contributed by atoms with Crippen molar-refractivity contribution in [1.29, 1.82) is 0 Å². The summed E-state index contributed by atoms with van der Waals surface area (Å²) in [5.74, 6) is 0.694. The molecule has 3 nitrogen and oxygen atoms in total. The molecule has 1 aromatic carbocycles. The highest BCUT2D eigenvalue weighted by atomic mass is 79.9. The van der Waals surface area contributed by atoms with Gasteiger partial charge in [0.05, 0.1) is 7.11 Å². The molecule has 0 saturated heterocycles. The first-order valence-electron chi connectivity index (χ1n) is 5.04. The maximum atomic E-state index is 12.0. The predicted molar refractivity (Wildman–Crippen MR) is 64.4 cm³/mol.